The van der Waals surface area contributed by atoms with Crippen molar-refractivity contribution in [3.8, 4) is 5.75 Å². The lowest BCUT2D eigenvalue weighted by Gasteiger charge is -2.43. The van der Waals surface area contributed by atoms with Gasteiger partial charge in [-0.05, 0) is 75.0 Å². The van der Waals surface area contributed by atoms with Gasteiger partial charge >= 0.3 is 17.2 Å². The second-order valence-corrected chi connectivity index (χ2v) is 18.0. The second-order valence-electron chi connectivity index (χ2n) is 16.4. The van der Waals surface area contributed by atoms with E-state index in [0.29, 0.717) is 5.75 Å². The third kappa shape index (κ3) is 9.69. The lowest BCUT2D eigenvalue weighted by molar-refractivity contribution is -0.0664. The Morgan fingerprint density at radius 2 is 0.956 bits per heavy atom. The molecule has 5 N–H and O–H groups in total. The fourth-order valence-corrected chi connectivity index (χ4v) is 7.34. The first-order valence-electron chi connectivity index (χ1n) is 15.5. The fraction of sp³-hybridized carbons (Fsp3) is 0.657. The van der Waals surface area contributed by atoms with Crippen molar-refractivity contribution in [3.63, 3.8) is 0 Å². The Labute approximate surface area is 274 Å². The molecule has 0 saturated carbocycles. The third-order valence-electron chi connectivity index (χ3n) is 8.15. The van der Waals surface area contributed by atoms with Crippen molar-refractivity contribution >= 4 is 17.2 Å². The molecule has 2 rings (SSSR count). The lowest BCUT2D eigenvalue weighted by atomic mass is 9.68. The molecule has 0 amide bonds. The highest BCUT2D eigenvalue weighted by atomic mass is 31.2. The number of aryl methyl sites for hydroxylation is 2. The predicted molar refractivity (Wildman–Crippen MR) is 185 cm³/mol. The fourth-order valence-electron chi connectivity index (χ4n) is 6.60. The van der Waals surface area contributed by atoms with Crippen LogP contribution in [0, 0.1) is 19.3 Å². The normalized spacial score (nSPS) is 14.4. The number of rotatable bonds is 11. The van der Waals surface area contributed by atoms with Crippen LogP contribution in [0.4, 0.5) is 0 Å². The SMILES string of the molecule is Cc1ccc(OC(c2ccc(C)c(C(C)(C)C)c2C(C)(C)C)C(CO)(COP(O)O)COP(O)O)c(C(C)(C)C)c1C(C)(C)C. The summed E-state index contributed by atoms with van der Waals surface area (Å²) in [6.07, 6.45) is -0.972. The topological polar surface area (TPSA) is 129 Å². The minimum atomic E-state index is -2.80. The minimum absolute atomic E-state index is 0.213. The first kappa shape index (κ1) is 40.0. The summed E-state index contributed by atoms with van der Waals surface area (Å²) >= 11 is 0. The van der Waals surface area contributed by atoms with Crippen LogP contribution in [-0.2, 0) is 30.7 Å². The van der Waals surface area contributed by atoms with Crippen LogP contribution in [0.15, 0.2) is 24.3 Å². The van der Waals surface area contributed by atoms with Crippen LogP contribution in [0.5, 0.6) is 5.75 Å². The maximum absolute atomic E-state index is 11.2. The Balaban J connectivity index is 3.19. The molecule has 0 aliphatic carbocycles. The smallest absolute Gasteiger partial charge is 0.327 e. The number of aliphatic hydroxyl groups is 1. The van der Waals surface area contributed by atoms with E-state index in [9.17, 15) is 24.7 Å². The Bertz CT molecular complexity index is 1280. The molecule has 256 valence electrons. The molecular formula is C35H58O8P2. The minimum Gasteiger partial charge on any atom is -0.485 e. The standard InChI is InChI=1S/C35H58O8P2/c1-22-15-17-24(28(33(9,10)11)26(22)31(3,4)5)30(35(19-36,20-41-44(37)38)21-42-45(39)40)43-25-18-16-23(2)27(32(6,7)8)29(25)34(12,13)14/h15-18,30,36-40H,19-21H2,1-14H3. The number of aliphatic hydroxyl groups excluding tert-OH is 1. The number of hydrogen-bond acceptors (Lipinski definition) is 8. The summed E-state index contributed by atoms with van der Waals surface area (Å²) in [6, 6.07) is 8.03. The van der Waals surface area contributed by atoms with Gasteiger partial charge in [-0.3, -0.25) is 0 Å². The van der Waals surface area contributed by atoms with E-state index in [-0.39, 0.29) is 34.9 Å². The Hall–Kier alpha value is -1.18. The first-order valence-corrected chi connectivity index (χ1v) is 17.8. The van der Waals surface area contributed by atoms with Gasteiger partial charge in [0.25, 0.3) is 0 Å². The predicted octanol–water partition coefficient (Wildman–Crippen LogP) is 8.05. The monoisotopic (exact) mass is 668 g/mol. The van der Waals surface area contributed by atoms with Crippen LogP contribution in [0.1, 0.15) is 128 Å². The summed E-state index contributed by atoms with van der Waals surface area (Å²) in [5.74, 6) is 0.615. The van der Waals surface area contributed by atoms with E-state index in [1.165, 1.54) is 0 Å². The second kappa shape index (κ2) is 14.5. The number of ether oxygens (including phenoxy) is 1. The highest BCUT2D eigenvalue weighted by molar-refractivity contribution is 7.39. The van der Waals surface area contributed by atoms with Crippen LogP contribution >= 0.6 is 17.2 Å². The quantitative estimate of drug-likeness (QED) is 0.152. The van der Waals surface area contributed by atoms with Gasteiger partial charge in [-0.25, -0.2) is 0 Å². The van der Waals surface area contributed by atoms with Crippen LogP contribution < -0.4 is 4.74 Å². The van der Waals surface area contributed by atoms with Gasteiger partial charge in [0.1, 0.15) is 11.9 Å². The first-order chi connectivity index (χ1) is 20.3. The summed E-state index contributed by atoms with van der Waals surface area (Å²) in [5, 5.41) is 11.2. The van der Waals surface area contributed by atoms with E-state index in [1.807, 2.05) is 24.3 Å². The van der Waals surface area contributed by atoms with Crippen molar-refractivity contribution in [2.45, 2.75) is 125 Å². The highest BCUT2D eigenvalue weighted by Gasteiger charge is 2.47. The summed E-state index contributed by atoms with van der Waals surface area (Å²) in [5.41, 5.74) is 4.71. The van der Waals surface area contributed by atoms with Crippen LogP contribution in [0.25, 0.3) is 0 Å². The van der Waals surface area contributed by atoms with Gasteiger partial charge in [0, 0.05) is 5.56 Å². The summed E-state index contributed by atoms with van der Waals surface area (Å²) in [6.45, 7) is 28.7. The van der Waals surface area contributed by atoms with E-state index >= 15 is 0 Å². The van der Waals surface area contributed by atoms with E-state index in [0.717, 1.165) is 38.9 Å². The van der Waals surface area contributed by atoms with Gasteiger partial charge in [0.15, 0.2) is 0 Å². The molecule has 1 unspecified atom stereocenters. The average molecular weight is 669 g/mol. The van der Waals surface area contributed by atoms with Gasteiger partial charge < -0.3 is 38.5 Å². The molecule has 0 aliphatic heterocycles. The summed E-state index contributed by atoms with van der Waals surface area (Å²) in [7, 11) is -5.60. The highest BCUT2D eigenvalue weighted by Crippen LogP contribution is 2.51. The third-order valence-corrected chi connectivity index (χ3v) is 8.87. The zero-order valence-corrected chi connectivity index (χ0v) is 31.7. The Morgan fingerprint density at radius 3 is 1.31 bits per heavy atom. The van der Waals surface area contributed by atoms with Gasteiger partial charge in [-0.1, -0.05) is 101 Å². The van der Waals surface area contributed by atoms with Gasteiger partial charge in [0.05, 0.1) is 25.2 Å². The molecule has 0 aliphatic rings. The Morgan fingerprint density at radius 1 is 0.578 bits per heavy atom. The van der Waals surface area contributed by atoms with Crippen molar-refractivity contribution in [1.82, 2.24) is 0 Å². The Kier molecular flexibility index (Phi) is 12.9. The molecular weight excluding hydrogens is 610 g/mol. The van der Waals surface area contributed by atoms with E-state index < -0.39 is 35.3 Å². The largest absolute Gasteiger partial charge is 0.485 e. The van der Waals surface area contributed by atoms with Crippen molar-refractivity contribution in [2.75, 3.05) is 19.8 Å². The van der Waals surface area contributed by atoms with Crippen LogP contribution in [-0.4, -0.2) is 44.5 Å². The maximum Gasteiger partial charge on any atom is 0.327 e. The van der Waals surface area contributed by atoms with Crippen LogP contribution in [0.3, 0.4) is 0 Å². The molecule has 0 aromatic heterocycles. The zero-order valence-electron chi connectivity index (χ0n) is 29.9. The number of hydrogen-bond donors (Lipinski definition) is 5. The number of benzene rings is 2. The molecule has 0 saturated heterocycles. The molecule has 8 nitrogen and oxygen atoms in total. The van der Waals surface area contributed by atoms with Gasteiger partial charge in [0.2, 0.25) is 0 Å². The van der Waals surface area contributed by atoms with Gasteiger partial charge in [-0.15, -0.1) is 0 Å². The van der Waals surface area contributed by atoms with Crippen molar-refractivity contribution in [3.05, 3.63) is 63.2 Å². The molecule has 0 fully saturated rings. The van der Waals surface area contributed by atoms with E-state index in [4.69, 9.17) is 13.8 Å². The van der Waals surface area contributed by atoms with Crippen molar-refractivity contribution in [2.24, 2.45) is 5.41 Å². The maximum atomic E-state index is 11.2. The van der Waals surface area contributed by atoms with Gasteiger partial charge in [-0.2, -0.15) is 0 Å². The zero-order chi connectivity index (χ0) is 34.9. The molecule has 45 heavy (non-hydrogen) atoms. The molecule has 10 heteroatoms. The molecule has 0 heterocycles. The molecule has 0 bridgehead atoms. The molecule has 0 radical (unpaired) electrons. The molecule has 2 aromatic rings. The van der Waals surface area contributed by atoms with E-state index in [2.05, 4.69) is 96.9 Å². The van der Waals surface area contributed by atoms with E-state index in [1.54, 1.807) is 0 Å². The molecule has 0 spiro atoms. The molecule has 2 aromatic carbocycles. The van der Waals surface area contributed by atoms with Crippen molar-refractivity contribution in [1.29, 1.82) is 0 Å². The molecule has 1 atom stereocenters. The van der Waals surface area contributed by atoms with Crippen molar-refractivity contribution < 1.29 is 38.5 Å². The van der Waals surface area contributed by atoms with Crippen LogP contribution in [0.2, 0.25) is 0 Å². The average Bonchev–Trinajstić information content (AvgIpc) is 2.85. The summed E-state index contributed by atoms with van der Waals surface area (Å²) < 4.78 is 18.0. The lowest BCUT2D eigenvalue weighted by Crippen LogP contribution is -2.45. The summed E-state index contributed by atoms with van der Waals surface area (Å²) in [4.78, 5) is 39.4.